The Morgan fingerprint density at radius 3 is 2.03 bits per heavy atom. The van der Waals surface area contributed by atoms with Crippen molar-refractivity contribution in [2.24, 2.45) is 0 Å². The van der Waals surface area contributed by atoms with Gasteiger partial charge in [0, 0.05) is 40.1 Å². The Bertz CT molecular complexity index is 1360. The van der Waals surface area contributed by atoms with Crippen LogP contribution >= 0.6 is 27.1 Å². The number of rotatable bonds is 10. The van der Waals surface area contributed by atoms with Crippen LogP contribution in [0.5, 0.6) is 0 Å². The van der Waals surface area contributed by atoms with Gasteiger partial charge in [0.25, 0.3) is 0 Å². The van der Waals surface area contributed by atoms with E-state index in [1.54, 1.807) is 18.3 Å². The number of nitrogens with zero attached hydrogens (tertiary/aromatic N) is 1. The number of hydrogen-bond donors (Lipinski definition) is 2. The van der Waals surface area contributed by atoms with E-state index in [0.29, 0.717) is 14.1 Å². The molecule has 0 aliphatic rings. The molecule has 3 rings (SSSR count). The van der Waals surface area contributed by atoms with E-state index >= 15 is 0 Å². The fourth-order valence-corrected chi connectivity index (χ4v) is 4.08. The molecule has 0 radical (unpaired) electrons. The molecule has 1 heterocycles. The number of nitrogens with one attached hydrogen (secondary N) is 2. The van der Waals surface area contributed by atoms with Gasteiger partial charge in [-0.25, -0.2) is 0 Å². The van der Waals surface area contributed by atoms with Gasteiger partial charge in [-0.15, -0.1) is 9.24 Å². The molecule has 2 N–H and O–H groups in total. The third-order valence-corrected chi connectivity index (χ3v) is 7.05. The molecule has 0 saturated heterocycles. The normalized spacial score (nSPS) is 10.2. The highest BCUT2D eigenvalue weighted by atomic mass is 31.1. The van der Waals surface area contributed by atoms with Crippen LogP contribution in [0.4, 0.5) is 11.4 Å². The number of carbonyl (C=O) groups excluding carboxylic acids is 1. The summed E-state index contributed by atoms with van der Waals surface area (Å²) < 4.78 is 0. The summed E-state index contributed by atoms with van der Waals surface area (Å²) in [5, 5.41) is 8.31. The molecule has 0 spiro atoms. The molecule has 3 atom stereocenters. The fourth-order valence-electron chi connectivity index (χ4n) is 3.31. The zero-order chi connectivity index (χ0) is 28.4. The molecule has 38 heavy (non-hydrogen) atoms. The molecule has 0 fully saturated rings. The lowest BCUT2D eigenvalue weighted by Crippen LogP contribution is -1.99. The second kappa shape index (κ2) is 14.7. The lowest BCUT2D eigenvalue weighted by atomic mass is 10.0. The van der Waals surface area contributed by atoms with Crippen LogP contribution in [0, 0.1) is 6.92 Å². The topological polar surface area (TPSA) is 54.0 Å². The van der Waals surface area contributed by atoms with E-state index in [4.69, 9.17) is 0 Å². The van der Waals surface area contributed by atoms with Crippen molar-refractivity contribution in [1.82, 2.24) is 4.98 Å². The van der Waals surface area contributed by atoms with Gasteiger partial charge in [0.15, 0.2) is 5.52 Å². The van der Waals surface area contributed by atoms with E-state index in [9.17, 15) is 4.79 Å². The molecule has 1 aromatic heterocycles. The standard InChI is InChI=1S/C20H23N2P.C11H13NOP2/c1-13(2)18-9-19(16(5)23-6)11-20(10-18)22-15(4)17-8-7-14(3)21-12-17;1-3-12-10-5-8(7(2)14)4-9(6-10)11(13)15/h7-12,22-23H,1,4-5H2,2-3,6H3;3-6,12H,1-2,14-15H2. The van der Waals surface area contributed by atoms with Crippen molar-refractivity contribution in [3.63, 3.8) is 0 Å². The SMILES string of the molecule is C=C(C)c1cc(NC(=C)c2ccc(C)nc2)cc(C(=C)PC)c1.C=CNc1cc(C(=C)P)cc(C(=O)P)c1. The highest BCUT2D eigenvalue weighted by Gasteiger charge is 2.07. The number of aryl methyl sites for hydroxylation is 1. The number of carbonyl (C=O) groups is 1. The van der Waals surface area contributed by atoms with Crippen LogP contribution < -0.4 is 10.6 Å². The number of allylic oxidation sites excluding steroid dienone is 1. The first-order valence-electron chi connectivity index (χ1n) is 11.8. The molecule has 3 aromatic rings. The van der Waals surface area contributed by atoms with Crippen molar-refractivity contribution >= 4 is 65.9 Å². The minimum atomic E-state index is -0.0461. The van der Waals surface area contributed by atoms with Crippen LogP contribution in [-0.2, 0) is 0 Å². The maximum atomic E-state index is 11.2. The highest BCUT2D eigenvalue weighted by molar-refractivity contribution is 7.49. The molecule has 0 amide bonds. The van der Waals surface area contributed by atoms with Crippen LogP contribution in [0.25, 0.3) is 21.9 Å². The molecule has 7 heteroatoms. The smallest absolute Gasteiger partial charge is 0.178 e. The summed E-state index contributed by atoms with van der Waals surface area (Å²) in [6, 6.07) is 15.8. The number of aromatic nitrogens is 1. The van der Waals surface area contributed by atoms with Gasteiger partial charge < -0.3 is 10.6 Å². The van der Waals surface area contributed by atoms with Crippen molar-refractivity contribution in [3.8, 4) is 0 Å². The second-order valence-electron chi connectivity index (χ2n) is 8.64. The minimum Gasteiger partial charge on any atom is -0.362 e. The van der Waals surface area contributed by atoms with Gasteiger partial charge in [0.2, 0.25) is 0 Å². The molecule has 4 nitrogen and oxygen atoms in total. The molecule has 3 unspecified atom stereocenters. The maximum absolute atomic E-state index is 11.2. The molecule has 196 valence electrons. The van der Waals surface area contributed by atoms with Crippen LogP contribution in [0.15, 0.2) is 93.8 Å². The predicted molar refractivity (Wildman–Crippen MR) is 179 cm³/mol. The largest absolute Gasteiger partial charge is 0.362 e. The van der Waals surface area contributed by atoms with Gasteiger partial charge >= 0.3 is 0 Å². The predicted octanol–water partition coefficient (Wildman–Crippen LogP) is 8.89. The molecule has 0 bridgehead atoms. The van der Waals surface area contributed by atoms with E-state index in [1.165, 1.54) is 0 Å². The van der Waals surface area contributed by atoms with Crippen LogP contribution in [0.1, 0.15) is 45.2 Å². The zero-order valence-corrected chi connectivity index (χ0v) is 25.6. The first-order valence-corrected chi connectivity index (χ1v) is 14.4. The molecule has 0 aliphatic heterocycles. The Morgan fingerprint density at radius 2 is 1.50 bits per heavy atom. The third-order valence-electron chi connectivity index (χ3n) is 5.49. The first kappa shape index (κ1) is 31.1. The first-order chi connectivity index (χ1) is 17.9. The average Bonchev–Trinajstić information content (AvgIpc) is 2.88. The molecule has 0 aliphatic carbocycles. The summed E-state index contributed by atoms with van der Waals surface area (Å²) in [6.07, 6.45) is 3.41. The molecule has 0 saturated carbocycles. The van der Waals surface area contributed by atoms with Gasteiger partial charge in [-0.3, -0.25) is 9.78 Å². The Labute approximate surface area is 233 Å². The Morgan fingerprint density at radius 1 is 0.895 bits per heavy atom. The van der Waals surface area contributed by atoms with Crippen LogP contribution in [0.3, 0.4) is 0 Å². The van der Waals surface area contributed by atoms with Gasteiger partial charge in [-0.05, 0) is 103 Å². The summed E-state index contributed by atoms with van der Waals surface area (Å²) in [6.45, 7) is 25.8. The summed E-state index contributed by atoms with van der Waals surface area (Å²) in [5.41, 5.74) is 9.41. The van der Waals surface area contributed by atoms with Gasteiger partial charge in [0.1, 0.15) is 0 Å². The Kier molecular flexibility index (Phi) is 12.0. The van der Waals surface area contributed by atoms with E-state index in [1.807, 2.05) is 38.2 Å². The summed E-state index contributed by atoms with van der Waals surface area (Å²) >= 11 is 0. The number of anilines is 2. The second-order valence-corrected chi connectivity index (χ2v) is 11.0. The molecule has 2 aromatic carbocycles. The van der Waals surface area contributed by atoms with Gasteiger partial charge in [-0.2, -0.15) is 0 Å². The summed E-state index contributed by atoms with van der Waals surface area (Å²) in [7, 11) is 5.35. The number of pyridine rings is 1. The summed E-state index contributed by atoms with van der Waals surface area (Å²) in [4.78, 5) is 15.6. The lowest BCUT2D eigenvalue weighted by molar-refractivity contribution is 0.108. The fraction of sp³-hybridized carbons (Fsp3) is 0.0968. The number of hydrogen-bond acceptors (Lipinski definition) is 4. The van der Waals surface area contributed by atoms with Crippen molar-refractivity contribution in [3.05, 3.63) is 127 Å². The highest BCUT2D eigenvalue weighted by Crippen LogP contribution is 2.33. The third kappa shape index (κ3) is 9.30. The van der Waals surface area contributed by atoms with E-state index < -0.39 is 0 Å². The Hall–Kier alpha value is -3.15. The zero-order valence-electron chi connectivity index (χ0n) is 22.3. The van der Waals surface area contributed by atoms with E-state index in [-0.39, 0.29) is 5.52 Å². The van der Waals surface area contributed by atoms with Crippen LogP contribution in [-0.4, -0.2) is 17.2 Å². The molecular formula is C31H36N3OP3. The Balaban J connectivity index is 0.000000293. The van der Waals surface area contributed by atoms with Crippen molar-refractivity contribution in [1.29, 1.82) is 0 Å². The van der Waals surface area contributed by atoms with Crippen molar-refractivity contribution < 1.29 is 4.79 Å². The van der Waals surface area contributed by atoms with E-state index in [2.05, 4.69) is 91.9 Å². The minimum absolute atomic E-state index is 0.0461. The van der Waals surface area contributed by atoms with E-state index in [0.717, 1.165) is 61.2 Å². The van der Waals surface area contributed by atoms with Crippen molar-refractivity contribution in [2.45, 2.75) is 13.8 Å². The average molecular weight is 560 g/mol. The van der Waals surface area contributed by atoms with Gasteiger partial charge in [-0.1, -0.05) is 56.3 Å². The van der Waals surface area contributed by atoms with Crippen LogP contribution in [0.2, 0.25) is 0 Å². The maximum Gasteiger partial charge on any atom is 0.178 e. The number of benzene rings is 2. The molecular weight excluding hydrogens is 523 g/mol. The van der Waals surface area contributed by atoms with Gasteiger partial charge in [0.05, 0.1) is 0 Å². The quantitative estimate of drug-likeness (QED) is 0.244. The lowest BCUT2D eigenvalue weighted by Gasteiger charge is -2.14. The van der Waals surface area contributed by atoms with Crippen molar-refractivity contribution in [2.75, 3.05) is 17.3 Å². The monoisotopic (exact) mass is 559 g/mol. The summed E-state index contributed by atoms with van der Waals surface area (Å²) in [5.74, 6) is 0.